The predicted octanol–water partition coefficient (Wildman–Crippen LogP) is 3.31. The molecule has 3 nitrogen and oxygen atoms in total. The molecule has 1 atom stereocenters. The van der Waals surface area contributed by atoms with E-state index in [1.807, 2.05) is 20.0 Å². The first-order valence-corrected chi connectivity index (χ1v) is 7.01. The molecule has 0 aliphatic heterocycles. The van der Waals surface area contributed by atoms with Crippen molar-refractivity contribution in [3.63, 3.8) is 0 Å². The first kappa shape index (κ1) is 13.5. The van der Waals surface area contributed by atoms with Crippen molar-refractivity contribution in [2.24, 2.45) is 0 Å². The second-order valence-electron chi connectivity index (χ2n) is 4.19. The maximum atomic E-state index is 6.18. The summed E-state index contributed by atoms with van der Waals surface area (Å²) in [4.78, 5) is 9.87. The molecule has 0 amide bonds. The van der Waals surface area contributed by atoms with Crippen LogP contribution < -0.4 is 5.32 Å². The number of halogens is 1. The zero-order valence-corrected chi connectivity index (χ0v) is 12.3. The Morgan fingerprint density at radius 1 is 1.44 bits per heavy atom. The highest BCUT2D eigenvalue weighted by molar-refractivity contribution is 7.11. The number of nitrogens with zero attached hydrogens (tertiary/aromatic N) is 2. The summed E-state index contributed by atoms with van der Waals surface area (Å²) in [5.41, 5.74) is 2.19. The molecule has 2 aromatic heterocycles. The number of pyridine rings is 1. The fourth-order valence-electron chi connectivity index (χ4n) is 1.84. The van der Waals surface area contributed by atoms with E-state index in [1.165, 1.54) is 4.88 Å². The third kappa shape index (κ3) is 2.88. The fourth-order valence-corrected chi connectivity index (χ4v) is 3.07. The predicted molar refractivity (Wildman–Crippen MR) is 76.3 cm³/mol. The highest BCUT2D eigenvalue weighted by Gasteiger charge is 2.15. The molecule has 0 aliphatic rings. The molecule has 1 unspecified atom stereocenters. The van der Waals surface area contributed by atoms with Gasteiger partial charge in [0.05, 0.1) is 15.7 Å². The lowest BCUT2D eigenvalue weighted by Crippen LogP contribution is -2.19. The van der Waals surface area contributed by atoms with Gasteiger partial charge in [0.25, 0.3) is 0 Å². The molecule has 0 aliphatic carbocycles. The van der Waals surface area contributed by atoms with Crippen LogP contribution >= 0.6 is 22.9 Å². The van der Waals surface area contributed by atoms with Crippen LogP contribution in [0.4, 0.5) is 0 Å². The van der Waals surface area contributed by atoms with Crippen molar-refractivity contribution < 1.29 is 0 Å². The van der Waals surface area contributed by atoms with Gasteiger partial charge in [-0.3, -0.25) is 4.98 Å². The average Bonchev–Trinajstić information content (AvgIpc) is 2.66. The van der Waals surface area contributed by atoms with Crippen LogP contribution in [0.5, 0.6) is 0 Å². The molecule has 5 heteroatoms. The van der Waals surface area contributed by atoms with Crippen molar-refractivity contribution in [3.05, 3.63) is 44.6 Å². The number of hydrogen-bond acceptors (Lipinski definition) is 4. The SMILES string of the molecule is CNC(Cc1nc(C)c(C)s1)c1ccncc1Cl. The van der Waals surface area contributed by atoms with E-state index in [1.54, 1.807) is 23.7 Å². The summed E-state index contributed by atoms with van der Waals surface area (Å²) in [6.45, 7) is 4.15. The lowest BCUT2D eigenvalue weighted by atomic mass is 10.1. The standard InChI is InChI=1S/C13H16ClN3S/c1-8-9(2)18-13(17-8)6-12(15-3)10-4-5-16-7-11(10)14/h4-5,7,12,15H,6H2,1-3H3. The Morgan fingerprint density at radius 2 is 2.22 bits per heavy atom. The topological polar surface area (TPSA) is 37.8 Å². The van der Waals surface area contributed by atoms with Crippen LogP contribution in [0.1, 0.15) is 27.2 Å². The number of aromatic nitrogens is 2. The smallest absolute Gasteiger partial charge is 0.0949 e. The number of likely N-dealkylation sites (N-methyl/N-ethyl adjacent to an activating group) is 1. The molecular weight excluding hydrogens is 266 g/mol. The summed E-state index contributed by atoms with van der Waals surface area (Å²) in [6.07, 6.45) is 4.29. The Morgan fingerprint density at radius 3 is 2.78 bits per heavy atom. The van der Waals surface area contributed by atoms with Crippen LogP contribution in [0.3, 0.4) is 0 Å². The molecule has 0 radical (unpaired) electrons. The normalized spacial score (nSPS) is 12.7. The van der Waals surface area contributed by atoms with Crippen LogP contribution in [0.15, 0.2) is 18.5 Å². The molecule has 2 heterocycles. The summed E-state index contributed by atoms with van der Waals surface area (Å²) >= 11 is 7.93. The van der Waals surface area contributed by atoms with Crippen molar-refractivity contribution >= 4 is 22.9 Å². The fraction of sp³-hybridized carbons (Fsp3) is 0.385. The number of hydrogen-bond donors (Lipinski definition) is 1. The van der Waals surface area contributed by atoms with Crippen LogP contribution in [0.25, 0.3) is 0 Å². The van der Waals surface area contributed by atoms with Crippen LogP contribution in [-0.4, -0.2) is 17.0 Å². The number of rotatable bonds is 4. The van der Waals surface area contributed by atoms with E-state index >= 15 is 0 Å². The number of thiazole rings is 1. The Hall–Kier alpha value is -0.970. The molecule has 0 spiro atoms. The zero-order chi connectivity index (χ0) is 13.1. The Balaban J connectivity index is 2.22. The average molecular weight is 282 g/mol. The van der Waals surface area contributed by atoms with Crippen molar-refractivity contribution in [1.82, 2.24) is 15.3 Å². The summed E-state index contributed by atoms with van der Waals surface area (Å²) in [5, 5.41) is 5.12. The summed E-state index contributed by atoms with van der Waals surface area (Å²) in [7, 11) is 1.94. The molecule has 0 saturated heterocycles. The summed E-state index contributed by atoms with van der Waals surface area (Å²) in [6, 6.07) is 2.13. The number of aryl methyl sites for hydroxylation is 2. The van der Waals surface area contributed by atoms with Gasteiger partial charge in [-0.05, 0) is 32.5 Å². The lowest BCUT2D eigenvalue weighted by Gasteiger charge is -2.16. The molecule has 2 rings (SSSR count). The molecule has 0 saturated carbocycles. The van der Waals surface area contributed by atoms with Gasteiger partial charge in [0, 0.05) is 29.7 Å². The van der Waals surface area contributed by atoms with Crippen molar-refractivity contribution in [2.75, 3.05) is 7.05 Å². The van der Waals surface area contributed by atoms with Crippen molar-refractivity contribution in [1.29, 1.82) is 0 Å². The van der Waals surface area contributed by atoms with Gasteiger partial charge in [0.1, 0.15) is 0 Å². The van der Waals surface area contributed by atoms with E-state index in [4.69, 9.17) is 11.6 Å². The van der Waals surface area contributed by atoms with E-state index in [0.29, 0.717) is 5.02 Å². The Kier molecular flexibility index (Phi) is 4.32. The van der Waals surface area contributed by atoms with Crippen LogP contribution in [0.2, 0.25) is 5.02 Å². The highest BCUT2D eigenvalue weighted by Crippen LogP contribution is 2.27. The largest absolute Gasteiger partial charge is 0.313 e. The van der Waals surface area contributed by atoms with Gasteiger partial charge >= 0.3 is 0 Å². The number of nitrogens with one attached hydrogen (secondary N) is 1. The minimum Gasteiger partial charge on any atom is -0.313 e. The molecule has 0 aromatic carbocycles. The van der Waals surface area contributed by atoms with E-state index in [-0.39, 0.29) is 6.04 Å². The summed E-state index contributed by atoms with van der Waals surface area (Å²) < 4.78 is 0. The molecule has 2 aromatic rings. The first-order valence-electron chi connectivity index (χ1n) is 5.81. The molecule has 0 bridgehead atoms. The summed E-state index contributed by atoms with van der Waals surface area (Å²) in [5.74, 6) is 0. The van der Waals surface area contributed by atoms with Gasteiger partial charge in [0.2, 0.25) is 0 Å². The van der Waals surface area contributed by atoms with E-state index in [2.05, 4.69) is 22.2 Å². The maximum Gasteiger partial charge on any atom is 0.0949 e. The molecular formula is C13H16ClN3S. The van der Waals surface area contributed by atoms with Gasteiger partial charge < -0.3 is 5.32 Å². The third-order valence-corrected chi connectivity index (χ3v) is 4.39. The van der Waals surface area contributed by atoms with Gasteiger partial charge in [0.15, 0.2) is 0 Å². The van der Waals surface area contributed by atoms with Crippen molar-refractivity contribution in [2.45, 2.75) is 26.3 Å². The molecule has 1 N–H and O–H groups in total. The minimum atomic E-state index is 0.172. The minimum absolute atomic E-state index is 0.172. The zero-order valence-electron chi connectivity index (χ0n) is 10.7. The van der Waals surface area contributed by atoms with Crippen LogP contribution in [-0.2, 0) is 6.42 Å². The van der Waals surface area contributed by atoms with E-state index in [0.717, 1.165) is 22.7 Å². The van der Waals surface area contributed by atoms with Gasteiger partial charge in [-0.1, -0.05) is 11.6 Å². The van der Waals surface area contributed by atoms with Crippen LogP contribution in [0, 0.1) is 13.8 Å². The second kappa shape index (κ2) is 5.78. The highest BCUT2D eigenvalue weighted by atomic mass is 35.5. The van der Waals surface area contributed by atoms with E-state index < -0.39 is 0 Å². The van der Waals surface area contributed by atoms with Gasteiger partial charge in [-0.15, -0.1) is 11.3 Å². The quantitative estimate of drug-likeness (QED) is 0.934. The molecule has 96 valence electrons. The van der Waals surface area contributed by atoms with Crippen molar-refractivity contribution in [3.8, 4) is 0 Å². The molecule has 18 heavy (non-hydrogen) atoms. The van der Waals surface area contributed by atoms with Gasteiger partial charge in [-0.2, -0.15) is 0 Å². The Bertz CT molecular complexity index is 519. The van der Waals surface area contributed by atoms with Gasteiger partial charge in [-0.25, -0.2) is 4.98 Å². The van der Waals surface area contributed by atoms with E-state index in [9.17, 15) is 0 Å². The monoisotopic (exact) mass is 281 g/mol. The second-order valence-corrected chi connectivity index (χ2v) is 5.89. The maximum absolute atomic E-state index is 6.18. The molecule has 0 fully saturated rings. The third-order valence-electron chi connectivity index (χ3n) is 2.98. The first-order chi connectivity index (χ1) is 8.61. The lowest BCUT2D eigenvalue weighted by molar-refractivity contribution is 0.589. The Labute approximate surface area is 116 Å².